The fourth-order valence-corrected chi connectivity index (χ4v) is 2.87. The molecule has 0 radical (unpaired) electrons. The summed E-state index contributed by atoms with van der Waals surface area (Å²) in [7, 11) is 0. The molecule has 0 atom stereocenters. The lowest BCUT2D eigenvalue weighted by Gasteiger charge is -2.21. The summed E-state index contributed by atoms with van der Waals surface area (Å²) in [6, 6.07) is 12.3. The smallest absolute Gasteiger partial charge is 0.254 e. The highest BCUT2D eigenvalue weighted by Crippen LogP contribution is 2.20. The number of aromatic nitrogens is 3. The monoisotopic (exact) mass is 397 g/mol. The molecule has 0 aliphatic rings. The van der Waals surface area contributed by atoms with Crippen LogP contribution >= 0.6 is 11.6 Å². The van der Waals surface area contributed by atoms with Crippen LogP contribution in [0.15, 0.2) is 55.1 Å². The normalized spacial score (nSPS) is 10.5. The average molecular weight is 398 g/mol. The van der Waals surface area contributed by atoms with Crippen LogP contribution in [-0.4, -0.2) is 44.6 Å². The van der Waals surface area contributed by atoms with E-state index < -0.39 is 0 Å². The number of carbonyl (C=O) groups is 2. The molecule has 7 nitrogen and oxygen atoms in total. The molecule has 8 heteroatoms. The zero-order valence-corrected chi connectivity index (χ0v) is 16.3. The largest absolute Gasteiger partial charge is 0.330 e. The van der Waals surface area contributed by atoms with E-state index >= 15 is 0 Å². The van der Waals surface area contributed by atoms with E-state index in [2.05, 4.69) is 15.4 Å². The Morgan fingerprint density at radius 1 is 1.18 bits per heavy atom. The van der Waals surface area contributed by atoms with E-state index in [9.17, 15) is 9.59 Å². The lowest BCUT2D eigenvalue weighted by atomic mass is 10.1. The molecule has 0 saturated heterocycles. The topological polar surface area (TPSA) is 80.1 Å². The Kier molecular flexibility index (Phi) is 6.06. The lowest BCUT2D eigenvalue weighted by molar-refractivity contribution is -0.116. The Labute approximate surface area is 167 Å². The second kappa shape index (κ2) is 8.67. The summed E-state index contributed by atoms with van der Waals surface area (Å²) in [6.07, 6.45) is 3.02. The number of anilines is 1. The van der Waals surface area contributed by atoms with Crippen LogP contribution in [0.4, 0.5) is 5.69 Å². The Morgan fingerprint density at radius 2 is 1.93 bits per heavy atom. The van der Waals surface area contributed by atoms with Gasteiger partial charge in [0, 0.05) is 22.8 Å². The van der Waals surface area contributed by atoms with Gasteiger partial charge in [0.05, 0.1) is 5.69 Å². The number of carbonyl (C=O) groups excluding carboxylic acids is 2. The predicted molar refractivity (Wildman–Crippen MR) is 108 cm³/mol. The quantitative estimate of drug-likeness (QED) is 0.691. The third-order valence-corrected chi connectivity index (χ3v) is 4.51. The molecule has 3 aromatic rings. The number of hydrogen-bond acceptors (Lipinski definition) is 4. The second-order valence-electron chi connectivity index (χ2n) is 6.21. The molecule has 0 saturated carbocycles. The van der Waals surface area contributed by atoms with E-state index in [0.717, 1.165) is 11.3 Å². The number of aryl methyl sites for hydroxylation is 1. The molecular formula is C20H20ClN5O2. The molecule has 0 aliphatic carbocycles. The maximum atomic E-state index is 12.8. The van der Waals surface area contributed by atoms with Crippen molar-refractivity contribution in [2.45, 2.75) is 13.8 Å². The molecule has 1 heterocycles. The van der Waals surface area contributed by atoms with Gasteiger partial charge in [-0.2, -0.15) is 5.10 Å². The number of likely N-dealkylation sites (N-methyl/N-ethyl adjacent to an activating group) is 1. The van der Waals surface area contributed by atoms with Gasteiger partial charge in [-0.3, -0.25) is 9.59 Å². The highest BCUT2D eigenvalue weighted by molar-refractivity contribution is 6.31. The van der Waals surface area contributed by atoms with Gasteiger partial charge in [0.25, 0.3) is 5.91 Å². The molecule has 0 unspecified atom stereocenters. The molecule has 3 rings (SSSR count). The summed E-state index contributed by atoms with van der Waals surface area (Å²) < 4.78 is 1.60. The molecule has 144 valence electrons. The zero-order chi connectivity index (χ0) is 20.1. The third kappa shape index (κ3) is 4.55. The maximum absolute atomic E-state index is 12.8. The highest BCUT2D eigenvalue weighted by atomic mass is 35.5. The first-order chi connectivity index (χ1) is 13.5. The molecule has 0 aliphatic heterocycles. The van der Waals surface area contributed by atoms with E-state index in [0.29, 0.717) is 22.8 Å². The average Bonchev–Trinajstić information content (AvgIpc) is 3.23. The van der Waals surface area contributed by atoms with Gasteiger partial charge < -0.3 is 10.2 Å². The molecule has 0 spiro atoms. The number of rotatable bonds is 6. The first-order valence-electron chi connectivity index (χ1n) is 8.78. The van der Waals surface area contributed by atoms with Crippen LogP contribution < -0.4 is 5.32 Å². The van der Waals surface area contributed by atoms with Gasteiger partial charge in [-0.05, 0) is 55.8 Å². The van der Waals surface area contributed by atoms with Gasteiger partial charge in [0.1, 0.15) is 19.2 Å². The molecule has 2 aromatic carbocycles. The lowest BCUT2D eigenvalue weighted by Crippen LogP contribution is -2.38. The van der Waals surface area contributed by atoms with Gasteiger partial charge in [0.2, 0.25) is 5.91 Å². The highest BCUT2D eigenvalue weighted by Gasteiger charge is 2.18. The molecule has 2 amide bonds. The standard InChI is InChI=1S/C20H20ClN5O2/c1-3-25(11-19(27)24-18-10-16(21)7-4-14(18)2)20(28)15-5-8-17(9-6-15)26-13-22-12-23-26/h4-10,12-13H,3,11H2,1-2H3,(H,24,27). The summed E-state index contributed by atoms with van der Waals surface area (Å²) in [6.45, 7) is 4.07. The van der Waals surface area contributed by atoms with E-state index in [-0.39, 0.29) is 18.4 Å². The van der Waals surface area contributed by atoms with Crippen LogP contribution in [0.3, 0.4) is 0 Å². The maximum Gasteiger partial charge on any atom is 0.254 e. The number of benzene rings is 2. The van der Waals surface area contributed by atoms with Crippen molar-refractivity contribution < 1.29 is 9.59 Å². The van der Waals surface area contributed by atoms with Gasteiger partial charge in [0.15, 0.2) is 0 Å². The Hall–Kier alpha value is -3.19. The minimum atomic E-state index is -0.278. The van der Waals surface area contributed by atoms with Crippen LogP contribution in [0.1, 0.15) is 22.8 Å². The van der Waals surface area contributed by atoms with Crippen LogP contribution in [0.2, 0.25) is 5.02 Å². The minimum absolute atomic E-state index is 0.0495. The van der Waals surface area contributed by atoms with Crippen molar-refractivity contribution in [3.05, 3.63) is 71.3 Å². The molecule has 1 N–H and O–H groups in total. The van der Waals surface area contributed by atoms with Crippen LogP contribution in [0, 0.1) is 6.92 Å². The van der Waals surface area contributed by atoms with E-state index in [1.54, 1.807) is 47.4 Å². The van der Waals surface area contributed by atoms with E-state index in [1.165, 1.54) is 11.2 Å². The number of hydrogen-bond donors (Lipinski definition) is 1. The van der Waals surface area contributed by atoms with E-state index in [4.69, 9.17) is 11.6 Å². The Bertz CT molecular complexity index is 971. The van der Waals surface area contributed by atoms with Crippen molar-refractivity contribution in [1.82, 2.24) is 19.7 Å². The number of nitrogens with zero attached hydrogens (tertiary/aromatic N) is 4. The van der Waals surface area contributed by atoms with Crippen molar-refractivity contribution in [2.75, 3.05) is 18.4 Å². The van der Waals surface area contributed by atoms with Gasteiger partial charge >= 0.3 is 0 Å². The fourth-order valence-electron chi connectivity index (χ4n) is 2.70. The summed E-state index contributed by atoms with van der Waals surface area (Å²) >= 11 is 5.99. The van der Waals surface area contributed by atoms with Crippen molar-refractivity contribution >= 4 is 29.1 Å². The van der Waals surface area contributed by atoms with Crippen LogP contribution in [0.25, 0.3) is 5.69 Å². The first kappa shape index (κ1) is 19.6. The fraction of sp³-hybridized carbons (Fsp3) is 0.200. The van der Waals surface area contributed by atoms with Gasteiger partial charge in [-0.1, -0.05) is 17.7 Å². The van der Waals surface area contributed by atoms with Gasteiger partial charge in [-0.15, -0.1) is 0 Å². The van der Waals surface area contributed by atoms with Crippen molar-refractivity contribution in [1.29, 1.82) is 0 Å². The minimum Gasteiger partial charge on any atom is -0.330 e. The first-order valence-corrected chi connectivity index (χ1v) is 9.16. The Morgan fingerprint density at radius 3 is 2.57 bits per heavy atom. The number of amides is 2. The summed E-state index contributed by atoms with van der Waals surface area (Å²) in [5, 5.41) is 7.41. The number of halogens is 1. The SMILES string of the molecule is CCN(CC(=O)Nc1cc(Cl)ccc1C)C(=O)c1ccc(-n2cncn2)cc1. The second-order valence-corrected chi connectivity index (χ2v) is 6.65. The molecule has 0 fully saturated rings. The molecule has 28 heavy (non-hydrogen) atoms. The number of nitrogens with one attached hydrogen (secondary N) is 1. The summed E-state index contributed by atoms with van der Waals surface area (Å²) in [5.74, 6) is -0.495. The van der Waals surface area contributed by atoms with Crippen molar-refractivity contribution in [2.24, 2.45) is 0 Å². The van der Waals surface area contributed by atoms with Crippen LogP contribution in [-0.2, 0) is 4.79 Å². The predicted octanol–water partition coefficient (Wildman–Crippen LogP) is 3.33. The van der Waals surface area contributed by atoms with Crippen LogP contribution in [0.5, 0.6) is 0 Å². The summed E-state index contributed by atoms with van der Waals surface area (Å²) in [5.41, 5.74) is 2.83. The van der Waals surface area contributed by atoms with Crippen molar-refractivity contribution in [3.8, 4) is 5.69 Å². The molecular weight excluding hydrogens is 378 g/mol. The Balaban J connectivity index is 1.67. The third-order valence-electron chi connectivity index (χ3n) is 4.27. The molecule has 1 aromatic heterocycles. The molecule has 0 bridgehead atoms. The van der Waals surface area contributed by atoms with E-state index in [1.807, 2.05) is 19.9 Å². The van der Waals surface area contributed by atoms with Crippen molar-refractivity contribution in [3.63, 3.8) is 0 Å². The zero-order valence-electron chi connectivity index (χ0n) is 15.6. The van der Waals surface area contributed by atoms with Gasteiger partial charge in [-0.25, -0.2) is 9.67 Å². The summed E-state index contributed by atoms with van der Waals surface area (Å²) in [4.78, 5) is 30.6.